The Bertz CT molecular complexity index is 901. The largest absolute Gasteiger partial charge is 0.425 e. The van der Waals surface area contributed by atoms with E-state index in [0.717, 1.165) is 10.3 Å². The summed E-state index contributed by atoms with van der Waals surface area (Å²) in [7, 11) is 0. The summed E-state index contributed by atoms with van der Waals surface area (Å²) in [5.74, 6) is -0.453. The molecular formula is C18H15N3O2. The van der Waals surface area contributed by atoms with Crippen molar-refractivity contribution >= 4 is 5.91 Å². The molecule has 0 bridgehead atoms. The van der Waals surface area contributed by atoms with Gasteiger partial charge in [-0.25, -0.2) is 4.98 Å². The van der Waals surface area contributed by atoms with E-state index in [1.807, 2.05) is 36.4 Å². The molecule has 1 N–H and O–H groups in total. The van der Waals surface area contributed by atoms with Gasteiger partial charge in [-0.15, -0.1) is 0 Å². The zero-order valence-electron chi connectivity index (χ0n) is 12.5. The van der Waals surface area contributed by atoms with E-state index in [4.69, 9.17) is 0 Å². The zero-order chi connectivity index (χ0) is 16.2. The Morgan fingerprint density at radius 2 is 1.65 bits per heavy atom. The molecule has 0 spiro atoms. The summed E-state index contributed by atoms with van der Waals surface area (Å²) < 4.78 is 0.813. The van der Waals surface area contributed by atoms with Gasteiger partial charge in [0.1, 0.15) is 0 Å². The van der Waals surface area contributed by atoms with Crippen LogP contribution in [0.4, 0.5) is 0 Å². The van der Waals surface area contributed by atoms with Crippen LogP contribution in [0.15, 0.2) is 71.7 Å². The number of nitrogens with zero attached hydrogens (tertiary/aromatic N) is 3. The van der Waals surface area contributed by atoms with Crippen molar-refractivity contribution in [1.82, 2.24) is 9.71 Å². The van der Waals surface area contributed by atoms with Crippen molar-refractivity contribution in [3.8, 4) is 11.3 Å². The molecule has 0 aliphatic rings. The lowest BCUT2D eigenvalue weighted by Crippen LogP contribution is -2.26. The lowest BCUT2D eigenvalue weighted by molar-refractivity contribution is 0.0984. The van der Waals surface area contributed by atoms with Crippen molar-refractivity contribution in [3.63, 3.8) is 0 Å². The second-order valence-corrected chi connectivity index (χ2v) is 5.04. The maximum Gasteiger partial charge on any atom is 0.280 e. The molecule has 0 unspecified atom stereocenters. The van der Waals surface area contributed by atoms with Gasteiger partial charge >= 0.3 is 0 Å². The van der Waals surface area contributed by atoms with Crippen LogP contribution < -0.4 is 5.62 Å². The fourth-order valence-electron chi connectivity index (χ4n) is 2.17. The lowest BCUT2D eigenvalue weighted by Gasteiger charge is -2.06. The quantitative estimate of drug-likeness (QED) is 0.740. The van der Waals surface area contributed by atoms with Gasteiger partial charge < -0.3 is 5.21 Å². The van der Waals surface area contributed by atoms with Gasteiger partial charge in [-0.2, -0.15) is 9.72 Å². The van der Waals surface area contributed by atoms with Crippen molar-refractivity contribution in [1.29, 1.82) is 0 Å². The molecule has 0 radical (unpaired) electrons. The van der Waals surface area contributed by atoms with E-state index in [1.54, 1.807) is 37.3 Å². The van der Waals surface area contributed by atoms with E-state index >= 15 is 0 Å². The molecule has 5 nitrogen and oxygen atoms in total. The molecule has 0 saturated carbocycles. The van der Waals surface area contributed by atoms with Gasteiger partial charge in [-0.1, -0.05) is 48.5 Å². The summed E-state index contributed by atoms with van der Waals surface area (Å²) in [5, 5.41) is 10.1. The van der Waals surface area contributed by atoms with E-state index in [9.17, 15) is 10.0 Å². The minimum atomic E-state index is -0.453. The number of aryl methyl sites for hydroxylation is 1. The smallest absolute Gasteiger partial charge is 0.280 e. The summed E-state index contributed by atoms with van der Waals surface area (Å²) in [6, 6.07) is 19.9. The molecule has 3 aromatic rings. The standard InChI is InChI=1S/C18H15N3O2/c1-13-12-16(14-8-4-2-5-9-14)19-18(21(13)23)20-17(22)15-10-6-3-7-11-15/h2-12,23H,1H3. The molecule has 2 aromatic carbocycles. The van der Waals surface area contributed by atoms with Crippen molar-refractivity contribution in [2.24, 2.45) is 4.99 Å². The maximum absolute atomic E-state index is 12.2. The van der Waals surface area contributed by atoms with Crippen LogP contribution in [-0.4, -0.2) is 20.8 Å². The van der Waals surface area contributed by atoms with Crippen LogP contribution in [-0.2, 0) is 0 Å². The molecule has 1 aromatic heterocycles. The molecule has 1 amide bonds. The number of rotatable bonds is 2. The van der Waals surface area contributed by atoms with E-state index in [2.05, 4.69) is 9.98 Å². The Kier molecular flexibility index (Phi) is 4.01. The van der Waals surface area contributed by atoms with Crippen LogP contribution in [0, 0.1) is 6.92 Å². The number of carbonyl (C=O) groups is 1. The van der Waals surface area contributed by atoms with Crippen LogP contribution in [0.25, 0.3) is 11.3 Å². The average molecular weight is 305 g/mol. The Balaban J connectivity index is 2.10. The van der Waals surface area contributed by atoms with Gasteiger partial charge in [-0.05, 0) is 25.1 Å². The van der Waals surface area contributed by atoms with Crippen molar-refractivity contribution in [2.75, 3.05) is 0 Å². The minimum absolute atomic E-state index is 0.0438. The third kappa shape index (κ3) is 3.18. The summed E-state index contributed by atoms with van der Waals surface area (Å²) in [5.41, 5.74) is 2.47. The Hall–Kier alpha value is -3.21. The van der Waals surface area contributed by atoms with Gasteiger partial charge in [0.05, 0.1) is 11.4 Å². The van der Waals surface area contributed by atoms with Gasteiger partial charge in [0, 0.05) is 11.1 Å². The summed E-state index contributed by atoms with van der Waals surface area (Å²) in [6.07, 6.45) is 0. The molecule has 3 rings (SSSR count). The van der Waals surface area contributed by atoms with Crippen LogP contribution in [0.5, 0.6) is 0 Å². The number of carbonyl (C=O) groups excluding carboxylic acids is 1. The fourth-order valence-corrected chi connectivity index (χ4v) is 2.17. The van der Waals surface area contributed by atoms with Gasteiger partial charge in [0.25, 0.3) is 11.5 Å². The molecule has 23 heavy (non-hydrogen) atoms. The average Bonchev–Trinajstić information content (AvgIpc) is 2.60. The Labute approximate surface area is 133 Å². The van der Waals surface area contributed by atoms with Crippen LogP contribution in [0.3, 0.4) is 0 Å². The molecule has 5 heteroatoms. The van der Waals surface area contributed by atoms with Crippen molar-refractivity contribution < 1.29 is 10.0 Å². The first-order chi connectivity index (χ1) is 11.1. The highest BCUT2D eigenvalue weighted by Crippen LogP contribution is 2.15. The predicted molar refractivity (Wildman–Crippen MR) is 85.9 cm³/mol. The van der Waals surface area contributed by atoms with Crippen LogP contribution >= 0.6 is 0 Å². The van der Waals surface area contributed by atoms with Crippen LogP contribution in [0.1, 0.15) is 16.1 Å². The molecular weight excluding hydrogens is 290 g/mol. The molecule has 114 valence electrons. The third-order valence-electron chi connectivity index (χ3n) is 3.38. The third-order valence-corrected chi connectivity index (χ3v) is 3.38. The van der Waals surface area contributed by atoms with E-state index in [1.165, 1.54) is 0 Å². The highest BCUT2D eigenvalue weighted by Gasteiger charge is 2.08. The normalized spacial score (nSPS) is 11.4. The first-order valence-electron chi connectivity index (χ1n) is 7.14. The van der Waals surface area contributed by atoms with E-state index < -0.39 is 5.91 Å². The minimum Gasteiger partial charge on any atom is -0.425 e. The van der Waals surface area contributed by atoms with Crippen molar-refractivity contribution in [3.05, 3.63) is 83.6 Å². The molecule has 0 fully saturated rings. The predicted octanol–water partition coefficient (Wildman–Crippen LogP) is 2.84. The molecule has 0 atom stereocenters. The number of hydrogen-bond acceptors (Lipinski definition) is 3. The number of amides is 1. The van der Waals surface area contributed by atoms with Crippen molar-refractivity contribution in [2.45, 2.75) is 6.92 Å². The topological polar surface area (TPSA) is 67.5 Å². The first kappa shape index (κ1) is 14.7. The van der Waals surface area contributed by atoms with Gasteiger partial charge in [0.15, 0.2) is 0 Å². The molecule has 1 heterocycles. The number of aromatic nitrogens is 2. The highest BCUT2D eigenvalue weighted by atomic mass is 16.5. The second kappa shape index (κ2) is 6.27. The highest BCUT2D eigenvalue weighted by molar-refractivity contribution is 5.94. The summed E-state index contributed by atoms with van der Waals surface area (Å²) >= 11 is 0. The monoisotopic (exact) mass is 305 g/mol. The molecule has 0 aliphatic carbocycles. The molecule has 0 saturated heterocycles. The molecule has 0 aliphatic heterocycles. The maximum atomic E-state index is 12.2. The van der Waals surface area contributed by atoms with Gasteiger partial charge in [-0.3, -0.25) is 4.79 Å². The number of hydrogen-bond donors (Lipinski definition) is 1. The first-order valence-corrected chi connectivity index (χ1v) is 7.14. The summed E-state index contributed by atoms with van der Waals surface area (Å²) in [6.45, 7) is 1.72. The Morgan fingerprint density at radius 1 is 1.04 bits per heavy atom. The zero-order valence-corrected chi connectivity index (χ0v) is 12.5. The number of benzene rings is 2. The van der Waals surface area contributed by atoms with Gasteiger partial charge in [0.2, 0.25) is 0 Å². The second-order valence-electron chi connectivity index (χ2n) is 5.04. The lowest BCUT2D eigenvalue weighted by atomic mass is 10.1. The summed E-state index contributed by atoms with van der Waals surface area (Å²) in [4.78, 5) is 20.4. The fraction of sp³-hybridized carbons (Fsp3) is 0.0556. The van der Waals surface area contributed by atoms with Crippen LogP contribution in [0.2, 0.25) is 0 Å². The Morgan fingerprint density at radius 3 is 2.30 bits per heavy atom. The van der Waals surface area contributed by atoms with E-state index in [0.29, 0.717) is 17.0 Å². The SMILES string of the molecule is Cc1cc(-c2ccccc2)nc(=NC(=O)c2ccccc2)n1O. The van der Waals surface area contributed by atoms with E-state index in [-0.39, 0.29) is 5.62 Å².